The quantitative estimate of drug-likeness (QED) is 0.113. The van der Waals surface area contributed by atoms with Gasteiger partial charge in [0, 0.05) is 23.2 Å². The van der Waals surface area contributed by atoms with Crippen LogP contribution in [-0.4, -0.2) is 24.2 Å². The summed E-state index contributed by atoms with van der Waals surface area (Å²) in [5.41, 5.74) is 3.55. The molecule has 0 unspecified atom stereocenters. The molecule has 1 atom stereocenters. The van der Waals surface area contributed by atoms with Gasteiger partial charge in [-0.1, -0.05) is 20.8 Å². The molecule has 0 saturated heterocycles. The summed E-state index contributed by atoms with van der Waals surface area (Å²) in [6.45, 7) is 7.37. The lowest BCUT2D eigenvalue weighted by atomic mass is 9.72. The summed E-state index contributed by atoms with van der Waals surface area (Å²) in [5.74, 6) is 2.15. The van der Waals surface area contributed by atoms with Crippen molar-refractivity contribution in [3.63, 3.8) is 0 Å². The number of ether oxygens (including phenoxy) is 2. The first-order valence-corrected chi connectivity index (χ1v) is 15.0. The Bertz CT molecular complexity index is 1620. The Morgan fingerprint density at radius 2 is 1.98 bits per heavy atom. The van der Waals surface area contributed by atoms with E-state index >= 15 is 0 Å². The highest BCUT2D eigenvalue weighted by Gasteiger charge is 2.33. The van der Waals surface area contributed by atoms with Crippen LogP contribution in [-0.2, 0) is 26.0 Å². The number of furan rings is 1. The lowest BCUT2D eigenvalue weighted by Gasteiger charge is -2.33. The van der Waals surface area contributed by atoms with Crippen molar-refractivity contribution in [3.8, 4) is 11.5 Å². The minimum absolute atomic E-state index is 0.0312. The summed E-state index contributed by atoms with van der Waals surface area (Å²) < 4.78 is 16.9. The highest BCUT2D eigenvalue weighted by atomic mass is 32.1. The Labute approximate surface area is 254 Å². The number of non-ortho nitro benzene ring substituents is 1. The van der Waals surface area contributed by atoms with E-state index in [1.165, 1.54) is 17.0 Å². The van der Waals surface area contributed by atoms with E-state index in [0.29, 0.717) is 40.3 Å². The van der Waals surface area contributed by atoms with E-state index in [-0.39, 0.29) is 23.6 Å². The molecule has 0 aliphatic heterocycles. The number of thiophene rings is 1. The molecule has 1 N–H and O–H groups in total. The number of methoxy groups -OCH3 is 1. The number of aliphatic imine (C=N–C) groups is 1. The first-order chi connectivity index (χ1) is 20.6. The summed E-state index contributed by atoms with van der Waals surface area (Å²) in [6.07, 6.45) is 6.15. The molecule has 2 aromatic heterocycles. The Hall–Kier alpha value is -4.44. The third-order valence-corrected chi connectivity index (χ3v) is 8.92. The predicted octanol–water partition coefficient (Wildman–Crippen LogP) is 7.67. The lowest BCUT2D eigenvalue weighted by Crippen LogP contribution is -2.28. The number of rotatable bonds is 10. The minimum atomic E-state index is -0.432. The van der Waals surface area contributed by atoms with Gasteiger partial charge in [-0.15, -0.1) is 11.3 Å². The monoisotopic (exact) mass is 601 g/mol. The minimum Gasteiger partial charge on any atom is -0.493 e. The molecule has 4 aromatic rings. The average molecular weight is 602 g/mol. The van der Waals surface area contributed by atoms with Gasteiger partial charge in [-0.25, -0.2) is 4.99 Å². The van der Waals surface area contributed by atoms with Crippen molar-refractivity contribution in [1.82, 2.24) is 5.32 Å². The molecule has 9 nitrogen and oxygen atoms in total. The number of nitrogens with one attached hydrogen (secondary N) is 1. The largest absolute Gasteiger partial charge is 0.493 e. The highest BCUT2D eigenvalue weighted by Crippen LogP contribution is 2.45. The van der Waals surface area contributed by atoms with E-state index in [2.05, 4.69) is 26.1 Å². The fourth-order valence-electron chi connectivity index (χ4n) is 5.20. The normalized spacial score (nSPS) is 14.8. The number of fused-ring (bicyclic) bond motifs is 1. The van der Waals surface area contributed by atoms with E-state index < -0.39 is 4.92 Å². The second-order valence-corrected chi connectivity index (χ2v) is 12.7. The molecule has 1 aliphatic carbocycles. The van der Waals surface area contributed by atoms with Gasteiger partial charge in [0.2, 0.25) is 0 Å². The molecule has 1 aliphatic rings. The molecule has 0 bridgehead atoms. The number of carbonyl (C=O) groups is 1. The standard InChI is InChI=1S/C33H35N3O6S/c1-33(2,3)23-10-13-26-29(17-23)43-32(30(26)31(37)34-19-25-6-5-15-41-25)35-18-22-9-14-27(28(16-22)40-4)42-20-21-7-11-24(12-8-21)36(38)39/h5-9,11-12,14-16,18,23H,10,13,17,19-20H2,1-4H3,(H,34,37)/t23-/m1/s1. The second kappa shape index (κ2) is 12.8. The Kier molecular flexibility index (Phi) is 8.96. The zero-order valence-electron chi connectivity index (χ0n) is 24.7. The first kappa shape index (κ1) is 30.0. The smallest absolute Gasteiger partial charge is 0.269 e. The predicted molar refractivity (Wildman–Crippen MR) is 167 cm³/mol. The third kappa shape index (κ3) is 7.14. The fraction of sp³-hybridized carbons (Fsp3) is 0.333. The van der Waals surface area contributed by atoms with Gasteiger partial charge in [-0.2, -0.15) is 0 Å². The number of benzene rings is 2. The van der Waals surface area contributed by atoms with Crippen LogP contribution in [0.5, 0.6) is 11.5 Å². The lowest BCUT2D eigenvalue weighted by molar-refractivity contribution is -0.384. The van der Waals surface area contributed by atoms with Crippen LogP contribution in [0.15, 0.2) is 70.3 Å². The number of hydrogen-bond acceptors (Lipinski definition) is 8. The molecule has 1 amide bonds. The van der Waals surface area contributed by atoms with Gasteiger partial charge < -0.3 is 19.2 Å². The summed E-state index contributed by atoms with van der Waals surface area (Å²) >= 11 is 1.59. The molecule has 10 heteroatoms. The van der Waals surface area contributed by atoms with Crippen LogP contribution in [0.4, 0.5) is 10.7 Å². The van der Waals surface area contributed by atoms with Gasteiger partial charge in [0.25, 0.3) is 11.6 Å². The Balaban J connectivity index is 1.36. The maximum absolute atomic E-state index is 13.5. The summed E-state index contributed by atoms with van der Waals surface area (Å²) in [6, 6.07) is 15.4. The summed E-state index contributed by atoms with van der Waals surface area (Å²) in [5, 5.41) is 14.6. The molecular formula is C33H35N3O6S. The Morgan fingerprint density at radius 1 is 1.19 bits per heavy atom. The van der Waals surface area contributed by atoms with Crippen molar-refractivity contribution in [2.45, 2.75) is 53.2 Å². The number of hydrogen-bond donors (Lipinski definition) is 1. The van der Waals surface area contributed by atoms with Crippen LogP contribution in [0, 0.1) is 21.4 Å². The first-order valence-electron chi connectivity index (χ1n) is 14.2. The second-order valence-electron chi connectivity index (χ2n) is 11.6. The van der Waals surface area contributed by atoms with Crippen molar-refractivity contribution >= 4 is 34.1 Å². The molecule has 5 rings (SSSR count). The molecule has 0 saturated carbocycles. The van der Waals surface area contributed by atoms with E-state index in [0.717, 1.165) is 36.0 Å². The number of carbonyl (C=O) groups excluding carboxylic acids is 1. The van der Waals surface area contributed by atoms with Gasteiger partial charge in [0.15, 0.2) is 11.5 Å². The van der Waals surface area contributed by atoms with Gasteiger partial charge in [-0.05, 0) is 89.8 Å². The van der Waals surface area contributed by atoms with E-state index in [9.17, 15) is 14.9 Å². The maximum atomic E-state index is 13.5. The summed E-state index contributed by atoms with van der Waals surface area (Å²) in [7, 11) is 1.56. The van der Waals surface area contributed by atoms with Crippen molar-refractivity contribution in [2.75, 3.05) is 7.11 Å². The van der Waals surface area contributed by atoms with E-state index in [1.807, 2.05) is 18.2 Å². The molecule has 224 valence electrons. The average Bonchev–Trinajstić information content (AvgIpc) is 3.65. The van der Waals surface area contributed by atoms with Gasteiger partial charge in [0.05, 0.1) is 30.4 Å². The zero-order valence-corrected chi connectivity index (χ0v) is 25.5. The molecule has 0 radical (unpaired) electrons. The van der Waals surface area contributed by atoms with Gasteiger partial charge in [0.1, 0.15) is 17.4 Å². The molecular weight excluding hydrogens is 566 g/mol. The Morgan fingerprint density at radius 3 is 2.65 bits per heavy atom. The van der Waals surface area contributed by atoms with Crippen LogP contribution in [0.2, 0.25) is 0 Å². The van der Waals surface area contributed by atoms with Crippen LogP contribution >= 0.6 is 11.3 Å². The molecule has 0 fully saturated rings. The van der Waals surface area contributed by atoms with Crippen LogP contribution < -0.4 is 14.8 Å². The van der Waals surface area contributed by atoms with Crippen molar-refractivity contribution < 1.29 is 23.6 Å². The van der Waals surface area contributed by atoms with Crippen LogP contribution in [0.1, 0.15) is 64.9 Å². The fourth-order valence-corrected chi connectivity index (χ4v) is 6.47. The molecule has 2 aromatic carbocycles. The maximum Gasteiger partial charge on any atom is 0.269 e. The van der Waals surface area contributed by atoms with Crippen molar-refractivity contribution in [3.05, 3.63) is 104 Å². The van der Waals surface area contributed by atoms with E-state index in [1.54, 1.807) is 55.2 Å². The van der Waals surface area contributed by atoms with Crippen LogP contribution in [0.3, 0.4) is 0 Å². The zero-order chi connectivity index (χ0) is 30.6. The summed E-state index contributed by atoms with van der Waals surface area (Å²) in [4.78, 5) is 30.0. The third-order valence-electron chi connectivity index (χ3n) is 7.76. The topological polar surface area (TPSA) is 116 Å². The number of nitro groups is 1. The van der Waals surface area contributed by atoms with E-state index in [4.69, 9.17) is 18.9 Å². The number of nitrogens with zero attached hydrogens (tertiary/aromatic N) is 2. The van der Waals surface area contributed by atoms with Gasteiger partial charge in [-0.3, -0.25) is 14.9 Å². The van der Waals surface area contributed by atoms with Crippen molar-refractivity contribution in [1.29, 1.82) is 0 Å². The van der Waals surface area contributed by atoms with Gasteiger partial charge >= 0.3 is 0 Å². The highest BCUT2D eigenvalue weighted by molar-refractivity contribution is 7.16. The van der Waals surface area contributed by atoms with Crippen LogP contribution in [0.25, 0.3) is 0 Å². The molecule has 0 spiro atoms. The number of nitro benzene ring substituents is 1. The number of amides is 1. The molecule has 2 heterocycles. The SMILES string of the molecule is COc1cc(C=Nc2sc3c(c2C(=O)NCc2ccco2)CC[C@@H](C(C)(C)C)C3)ccc1OCc1ccc([N+](=O)[O-])cc1. The molecule has 43 heavy (non-hydrogen) atoms. The van der Waals surface area contributed by atoms with Crippen molar-refractivity contribution in [2.24, 2.45) is 16.3 Å².